The van der Waals surface area contributed by atoms with Crippen molar-refractivity contribution in [2.24, 2.45) is 5.90 Å². The van der Waals surface area contributed by atoms with Crippen LogP contribution in [0.2, 0.25) is 0 Å². The van der Waals surface area contributed by atoms with Crippen LogP contribution >= 0.6 is 0 Å². The molecule has 0 radical (unpaired) electrons. The summed E-state index contributed by atoms with van der Waals surface area (Å²) in [4.78, 5) is 23.0. The van der Waals surface area contributed by atoms with Gasteiger partial charge in [-0.05, 0) is 25.7 Å². The number of carboxylic acids is 1. The SMILES string of the molecule is C1CCC(NC2CCCC2)C1.NOC(=O)CC(=O)O.[Pt]. The Morgan fingerprint density at radius 1 is 1.05 bits per heavy atom. The molecule has 0 saturated heterocycles. The van der Waals surface area contributed by atoms with Crippen molar-refractivity contribution < 1.29 is 40.6 Å². The van der Waals surface area contributed by atoms with Gasteiger partial charge in [-0.2, -0.15) is 5.90 Å². The molecule has 2 saturated carbocycles. The number of carbonyl (C=O) groups excluding carboxylic acids is 1. The molecule has 0 heterocycles. The molecule has 7 heteroatoms. The molecular weight excluding hydrogens is 443 g/mol. The van der Waals surface area contributed by atoms with Crippen molar-refractivity contribution >= 4 is 11.9 Å². The van der Waals surface area contributed by atoms with Crippen molar-refractivity contribution in [1.29, 1.82) is 0 Å². The van der Waals surface area contributed by atoms with Gasteiger partial charge in [-0.1, -0.05) is 25.7 Å². The Balaban J connectivity index is 0.000000364. The van der Waals surface area contributed by atoms with Gasteiger partial charge < -0.3 is 15.3 Å². The fourth-order valence-corrected chi connectivity index (χ4v) is 2.68. The second kappa shape index (κ2) is 11.2. The van der Waals surface area contributed by atoms with Gasteiger partial charge in [0.15, 0.2) is 0 Å². The summed E-state index contributed by atoms with van der Waals surface area (Å²) in [5.74, 6) is 2.11. The van der Waals surface area contributed by atoms with Gasteiger partial charge in [0.1, 0.15) is 6.42 Å². The minimum absolute atomic E-state index is 0. The van der Waals surface area contributed by atoms with Gasteiger partial charge in [0, 0.05) is 33.1 Å². The standard InChI is InChI=1S/C10H19N.C3H5NO4.Pt/c1-2-6-9(5-1)11-10-7-3-4-8-10;4-8-3(7)1-2(5)6;/h9-11H,1-8H2;1,4H2,(H,5,6);. The van der Waals surface area contributed by atoms with Gasteiger partial charge in [0.05, 0.1) is 0 Å². The predicted octanol–water partition coefficient (Wildman–Crippen LogP) is 1.34. The number of hydrogen-bond acceptors (Lipinski definition) is 5. The molecule has 0 bridgehead atoms. The van der Waals surface area contributed by atoms with Crippen molar-refractivity contribution in [2.75, 3.05) is 0 Å². The number of nitrogens with one attached hydrogen (secondary N) is 1. The fourth-order valence-electron chi connectivity index (χ4n) is 2.68. The molecule has 2 rings (SSSR count). The van der Waals surface area contributed by atoms with E-state index in [1.807, 2.05) is 0 Å². The molecule has 2 fully saturated rings. The van der Waals surface area contributed by atoms with Crippen LogP contribution in [0.25, 0.3) is 0 Å². The number of carbonyl (C=O) groups is 2. The van der Waals surface area contributed by atoms with E-state index in [1.54, 1.807) is 0 Å². The maximum atomic E-state index is 9.89. The zero-order chi connectivity index (χ0) is 14.1. The third-order valence-corrected chi connectivity index (χ3v) is 3.61. The molecule has 0 unspecified atom stereocenters. The van der Waals surface area contributed by atoms with Gasteiger partial charge in [-0.15, -0.1) is 0 Å². The molecule has 120 valence electrons. The number of nitrogens with two attached hydrogens (primary N) is 1. The summed E-state index contributed by atoms with van der Waals surface area (Å²) < 4.78 is 0. The maximum absolute atomic E-state index is 9.89. The van der Waals surface area contributed by atoms with E-state index in [-0.39, 0.29) is 21.1 Å². The van der Waals surface area contributed by atoms with Crippen LogP contribution in [0.5, 0.6) is 0 Å². The van der Waals surface area contributed by atoms with Crippen molar-refractivity contribution in [3.05, 3.63) is 0 Å². The summed E-state index contributed by atoms with van der Waals surface area (Å²) in [6.07, 6.45) is 10.9. The van der Waals surface area contributed by atoms with Crippen molar-refractivity contribution in [1.82, 2.24) is 5.32 Å². The van der Waals surface area contributed by atoms with Crippen molar-refractivity contribution in [3.63, 3.8) is 0 Å². The summed E-state index contributed by atoms with van der Waals surface area (Å²) in [6.45, 7) is 0. The number of rotatable bonds is 4. The largest absolute Gasteiger partial charge is 0.481 e. The molecule has 0 amide bonds. The minimum Gasteiger partial charge on any atom is -0.481 e. The minimum atomic E-state index is -1.25. The van der Waals surface area contributed by atoms with Gasteiger partial charge >= 0.3 is 11.9 Å². The third-order valence-electron chi connectivity index (χ3n) is 3.61. The van der Waals surface area contributed by atoms with Crippen LogP contribution in [0.4, 0.5) is 0 Å². The van der Waals surface area contributed by atoms with E-state index >= 15 is 0 Å². The van der Waals surface area contributed by atoms with Crippen LogP contribution in [0.1, 0.15) is 57.8 Å². The first-order valence-corrected chi connectivity index (χ1v) is 6.99. The normalized spacial score (nSPS) is 18.9. The molecule has 0 atom stereocenters. The smallest absolute Gasteiger partial charge is 0.335 e. The third kappa shape index (κ3) is 8.67. The molecule has 0 aromatic rings. The molecule has 0 aliphatic heterocycles. The van der Waals surface area contributed by atoms with Crippen LogP contribution in [0, 0.1) is 0 Å². The number of aliphatic carboxylic acids is 1. The molecular formula is C13H24N2O4Pt. The van der Waals surface area contributed by atoms with Crippen LogP contribution < -0.4 is 11.2 Å². The topological polar surface area (TPSA) is 102 Å². The average molecular weight is 467 g/mol. The van der Waals surface area contributed by atoms with E-state index in [9.17, 15) is 9.59 Å². The fraction of sp³-hybridized carbons (Fsp3) is 0.846. The van der Waals surface area contributed by atoms with E-state index in [0.717, 1.165) is 12.1 Å². The molecule has 4 N–H and O–H groups in total. The molecule has 6 nitrogen and oxygen atoms in total. The van der Waals surface area contributed by atoms with Crippen LogP contribution in [-0.4, -0.2) is 29.1 Å². The quantitative estimate of drug-likeness (QED) is 0.426. The van der Waals surface area contributed by atoms with Gasteiger partial charge in [-0.25, -0.2) is 4.79 Å². The Morgan fingerprint density at radius 2 is 1.45 bits per heavy atom. The van der Waals surface area contributed by atoms with E-state index < -0.39 is 18.4 Å². The summed E-state index contributed by atoms with van der Waals surface area (Å²) in [7, 11) is 0. The summed E-state index contributed by atoms with van der Waals surface area (Å²) in [5.41, 5.74) is 0. The first-order valence-electron chi connectivity index (χ1n) is 6.99. The summed E-state index contributed by atoms with van der Waals surface area (Å²) in [6, 6.07) is 1.77. The molecule has 0 spiro atoms. The second-order valence-electron chi connectivity index (χ2n) is 5.19. The Kier molecular flexibility index (Phi) is 11.0. The second-order valence-corrected chi connectivity index (χ2v) is 5.19. The molecule has 20 heavy (non-hydrogen) atoms. The Labute approximate surface area is 134 Å². The predicted molar refractivity (Wildman–Crippen MR) is 70.2 cm³/mol. The Bertz CT molecular complexity index is 276. The van der Waals surface area contributed by atoms with E-state index in [0.29, 0.717) is 0 Å². The Hall–Kier alpha value is -0.452. The van der Waals surface area contributed by atoms with E-state index in [2.05, 4.69) is 16.1 Å². The maximum Gasteiger partial charge on any atom is 0.335 e. The van der Waals surface area contributed by atoms with Crippen LogP contribution in [0.3, 0.4) is 0 Å². The summed E-state index contributed by atoms with van der Waals surface area (Å²) in [5, 5.41) is 11.6. The van der Waals surface area contributed by atoms with Crippen molar-refractivity contribution in [3.8, 4) is 0 Å². The number of carboxylic acid groups (broad SMARTS) is 1. The van der Waals surface area contributed by atoms with Crippen LogP contribution in [-0.2, 0) is 35.5 Å². The number of hydrogen-bond donors (Lipinski definition) is 3. The van der Waals surface area contributed by atoms with E-state index in [1.165, 1.54) is 51.4 Å². The van der Waals surface area contributed by atoms with Gasteiger partial charge in [-0.3, -0.25) is 4.79 Å². The Morgan fingerprint density at radius 3 is 1.70 bits per heavy atom. The van der Waals surface area contributed by atoms with Crippen LogP contribution in [0.15, 0.2) is 0 Å². The zero-order valence-electron chi connectivity index (χ0n) is 11.6. The molecule has 2 aliphatic carbocycles. The molecule has 0 aromatic heterocycles. The van der Waals surface area contributed by atoms with E-state index in [4.69, 9.17) is 5.11 Å². The summed E-state index contributed by atoms with van der Waals surface area (Å²) >= 11 is 0. The molecule has 2 aliphatic rings. The van der Waals surface area contributed by atoms with Gasteiger partial charge in [0.2, 0.25) is 0 Å². The average Bonchev–Trinajstić information content (AvgIpc) is 3.03. The van der Waals surface area contributed by atoms with Gasteiger partial charge in [0.25, 0.3) is 0 Å². The van der Waals surface area contributed by atoms with Crippen molar-refractivity contribution in [2.45, 2.75) is 69.9 Å². The monoisotopic (exact) mass is 467 g/mol. The first kappa shape index (κ1) is 19.5. The zero-order valence-corrected chi connectivity index (χ0v) is 13.9. The molecule has 0 aromatic carbocycles. The first-order chi connectivity index (χ1) is 9.11.